The van der Waals surface area contributed by atoms with Gasteiger partial charge in [-0.25, -0.2) is 9.97 Å². The van der Waals surface area contributed by atoms with E-state index in [0.29, 0.717) is 0 Å². The maximum atomic E-state index is 13.2. The molecule has 150 valence electrons. The summed E-state index contributed by atoms with van der Waals surface area (Å²) in [5, 5.41) is 3.12. The maximum absolute atomic E-state index is 13.2. The molecule has 29 heavy (non-hydrogen) atoms. The van der Waals surface area contributed by atoms with Crippen molar-refractivity contribution in [1.29, 1.82) is 0 Å². The van der Waals surface area contributed by atoms with E-state index in [9.17, 15) is 9.59 Å². The molecule has 1 saturated carbocycles. The van der Waals surface area contributed by atoms with Gasteiger partial charge in [-0.05, 0) is 42.9 Å². The molecule has 2 fully saturated rings. The van der Waals surface area contributed by atoms with Gasteiger partial charge >= 0.3 is 0 Å². The number of carbonyl (C=O) groups excluding carboxylic acids is 2. The molecule has 1 aliphatic carbocycles. The standard InChI is InChI=1S/C23H25N3O3/c1-29-17-8-9-19-18(11-17)21(16-5-3-2-4-6-16)22(23(28)26-19)20(27)10-7-15-12-24-14-25-13-15/h2-7,10,12-14,17-19,21-22H,8-9,11H2,1H3,(H,26,28)/b10-7+. The summed E-state index contributed by atoms with van der Waals surface area (Å²) in [5.41, 5.74) is 1.76. The largest absolute Gasteiger partial charge is 0.381 e. The third-order valence-corrected chi connectivity index (χ3v) is 6.13. The summed E-state index contributed by atoms with van der Waals surface area (Å²) >= 11 is 0. The smallest absolute Gasteiger partial charge is 0.231 e. The zero-order valence-electron chi connectivity index (χ0n) is 16.4. The molecule has 5 unspecified atom stereocenters. The number of methoxy groups -OCH3 is 1. The summed E-state index contributed by atoms with van der Waals surface area (Å²) < 4.78 is 5.63. The van der Waals surface area contributed by atoms with Crippen LogP contribution in [0.5, 0.6) is 0 Å². The molecule has 1 aromatic carbocycles. The molecule has 0 bridgehead atoms. The number of nitrogens with one attached hydrogen (secondary N) is 1. The van der Waals surface area contributed by atoms with Crippen LogP contribution in [0.2, 0.25) is 0 Å². The number of carbonyl (C=O) groups is 2. The lowest BCUT2D eigenvalue weighted by Crippen LogP contribution is -2.57. The maximum Gasteiger partial charge on any atom is 0.231 e. The first-order chi connectivity index (χ1) is 14.2. The van der Waals surface area contributed by atoms with Crippen LogP contribution in [-0.4, -0.2) is 40.9 Å². The Hall–Kier alpha value is -2.86. The third kappa shape index (κ3) is 4.12. The fraction of sp³-hybridized carbons (Fsp3) is 0.391. The summed E-state index contributed by atoms with van der Waals surface area (Å²) in [6.07, 6.45) is 10.6. The number of fused-ring (bicyclic) bond motifs is 1. The first-order valence-electron chi connectivity index (χ1n) is 10.0. The van der Waals surface area contributed by atoms with Gasteiger partial charge in [0.05, 0.1) is 6.10 Å². The van der Waals surface area contributed by atoms with Gasteiger partial charge in [0.15, 0.2) is 5.78 Å². The Labute approximate surface area is 170 Å². The van der Waals surface area contributed by atoms with Gasteiger partial charge in [0.25, 0.3) is 0 Å². The second kappa shape index (κ2) is 8.66. The van der Waals surface area contributed by atoms with Crippen molar-refractivity contribution in [3.63, 3.8) is 0 Å². The zero-order valence-corrected chi connectivity index (χ0v) is 16.4. The van der Waals surface area contributed by atoms with Gasteiger partial charge in [-0.1, -0.05) is 30.3 Å². The Morgan fingerprint density at radius 3 is 2.66 bits per heavy atom. The lowest BCUT2D eigenvalue weighted by Gasteiger charge is -2.46. The van der Waals surface area contributed by atoms with Gasteiger partial charge < -0.3 is 10.1 Å². The van der Waals surface area contributed by atoms with Gasteiger partial charge in [-0.3, -0.25) is 9.59 Å². The van der Waals surface area contributed by atoms with Crippen molar-refractivity contribution in [2.24, 2.45) is 11.8 Å². The Kier molecular flexibility index (Phi) is 5.81. The van der Waals surface area contributed by atoms with Crippen LogP contribution in [0.3, 0.4) is 0 Å². The number of hydrogen-bond acceptors (Lipinski definition) is 5. The van der Waals surface area contributed by atoms with Gasteiger partial charge in [-0.15, -0.1) is 0 Å². The third-order valence-electron chi connectivity index (χ3n) is 6.13. The number of nitrogens with zero attached hydrogens (tertiary/aromatic N) is 2. The number of allylic oxidation sites excluding steroid dienone is 1. The van der Waals surface area contributed by atoms with E-state index < -0.39 is 5.92 Å². The molecule has 0 spiro atoms. The second-order valence-electron chi connectivity index (χ2n) is 7.77. The molecular weight excluding hydrogens is 366 g/mol. The number of rotatable bonds is 5. The molecule has 5 atom stereocenters. The summed E-state index contributed by atoms with van der Waals surface area (Å²) in [4.78, 5) is 34.1. The van der Waals surface area contributed by atoms with Crippen molar-refractivity contribution < 1.29 is 14.3 Å². The molecule has 2 heterocycles. The number of amides is 1. The van der Waals surface area contributed by atoms with Gasteiger partial charge in [0.2, 0.25) is 5.91 Å². The number of hydrogen-bond donors (Lipinski definition) is 1. The number of benzene rings is 1. The monoisotopic (exact) mass is 391 g/mol. The van der Waals surface area contributed by atoms with Crippen LogP contribution in [0.4, 0.5) is 0 Å². The van der Waals surface area contributed by atoms with E-state index in [0.717, 1.165) is 30.4 Å². The van der Waals surface area contributed by atoms with Gasteiger partial charge in [-0.2, -0.15) is 0 Å². The molecule has 0 radical (unpaired) electrons. The minimum Gasteiger partial charge on any atom is -0.381 e. The Bertz CT molecular complexity index is 885. The zero-order chi connectivity index (χ0) is 20.2. The molecular formula is C23H25N3O3. The van der Waals surface area contributed by atoms with E-state index in [1.54, 1.807) is 25.6 Å². The second-order valence-corrected chi connectivity index (χ2v) is 7.77. The average molecular weight is 391 g/mol. The molecule has 1 N–H and O–H groups in total. The Morgan fingerprint density at radius 2 is 1.93 bits per heavy atom. The highest BCUT2D eigenvalue weighted by atomic mass is 16.5. The summed E-state index contributed by atoms with van der Waals surface area (Å²) in [7, 11) is 1.73. The highest BCUT2D eigenvalue weighted by Gasteiger charge is 2.49. The fourth-order valence-electron chi connectivity index (χ4n) is 4.74. The number of aromatic nitrogens is 2. The highest BCUT2D eigenvalue weighted by molar-refractivity contribution is 6.09. The van der Waals surface area contributed by atoms with Crippen LogP contribution < -0.4 is 5.32 Å². The topological polar surface area (TPSA) is 81.2 Å². The van der Waals surface area contributed by atoms with Crippen molar-refractivity contribution >= 4 is 17.8 Å². The summed E-state index contributed by atoms with van der Waals surface area (Å²) in [6.45, 7) is 0. The van der Waals surface area contributed by atoms with Crippen molar-refractivity contribution in [2.75, 3.05) is 7.11 Å². The summed E-state index contributed by atoms with van der Waals surface area (Å²) in [5.74, 6) is -1.14. The lowest BCUT2D eigenvalue weighted by molar-refractivity contribution is -0.139. The van der Waals surface area contributed by atoms with E-state index in [4.69, 9.17) is 4.74 Å². The van der Waals surface area contributed by atoms with Gasteiger partial charge in [0.1, 0.15) is 12.2 Å². The number of ketones is 1. The van der Waals surface area contributed by atoms with Crippen molar-refractivity contribution in [1.82, 2.24) is 15.3 Å². The van der Waals surface area contributed by atoms with Crippen molar-refractivity contribution in [3.8, 4) is 0 Å². The predicted octanol–water partition coefficient (Wildman–Crippen LogP) is 2.77. The first kappa shape index (κ1) is 19.5. The molecule has 2 aliphatic rings. The minimum atomic E-state index is -0.755. The first-order valence-corrected chi connectivity index (χ1v) is 10.0. The van der Waals surface area contributed by atoms with Crippen molar-refractivity contribution in [2.45, 2.75) is 37.3 Å². The average Bonchev–Trinajstić information content (AvgIpc) is 2.77. The van der Waals surface area contributed by atoms with E-state index in [-0.39, 0.29) is 35.7 Å². The number of piperidine rings is 1. The van der Waals surface area contributed by atoms with Crippen LogP contribution in [0.15, 0.2) is 55.1 Å². The normalized spacial score (nSPS) is 29.3. The van der Waals surface area contributed by atoms with Crippen LogP contribution in [0.1, 0.15) is 36.3 Å². The molecule has 4 rings (SSSR count). The molecule has 1 aliphatic heterocycles. The summed E-state index contributed by atoms with van der Waals surface area (Å²) in [6, 6.07) is 10.00. The minimum absolute atomic E-state index is 0.0784. The molecule has 6 heteroatoms. The van der Waals surface area contributed by atoms with Crippen LogP contribution >= 0.6 is 0 Å². The molecule has 1 amide bonds. The fourth-order valence-corrected chi connectivity index (χ4v) is 4.74. The van der Waals surface area contributed by atoms with E-state index in [2.05, 4.69) is 15.3 Å². The molecule has 1 aromatic heterocycles. The quantitative estimate of drug-likeness (QED) is 0.626. The van der Waals surface area contributed by atoms with E-state index in [1.165, 1.54) is 12.4 Å². The molecule has 2 aromatic rings. The highest BCUT2D eigenvalue weighted by Crippen LogP contribution is 2.45. The Balaban J connectivity index is 1.67. The molecule has 1 saturated heterocycles. The van der Waals surface area contributed by atoms with E-state index in [1.807, 2.05) is 30.3 Å². The van der Waals surface area contributed by atoms with Gasteiger partial charge in [0, 0.05) is 37.0 Å². The Morgan fingerprint density at radius 1 is 1.17 bits per heavy atom. The van der Waals surface area contributed by atoms with Crippen molar-refractivity contribution in [3.05, 3.63) is 66.3 Å². The van der Waals surface area contributed by atoms with Crippen LogP contribution in [0.25, 0.3) is 6.08 Å². The van der Waals surface area contributed by atoms with Crippen LogP contribution in [-0.2, 0) is 14.3 Å². The predicted molar refractivity (Wildman–Crippen MR) is 109 cm³/mol. The molecule has 6 nitrogen and oxygen atoms in total. The number of ether oxygens (including phenoxy) is 1. The lowest BCUT2D eigenvalue weighted by atomic mass is 9.64. The SMILES string of the molecule is COC1CCC2NC(=O)C(C(=O)/C=C/c3cncnc3)C(c3ccccc3)C2C1. The van der Waals surface area contributed by atoms with Crippen LogP contribution in [0, 0.1) is 11.8 Å². The van der Waals surface area contributed by atoms with E-state index >= 15 is 0 Å².